The van der Waals surface area contributed by atoms with Crippen LogP contribution in [-0.4, -0.2) is 36.5 Å². The van der Waals surface area contributed by atoms with Gasteiger partial charge in [-0.25, -0.2) is 8.42 Å². The van der Waals surface area contributed by atoms with Gasteiger partial charge in [-0.15, -0.1) is 0 Å². The summed E-state index contributed by atoms with van der Waals surface area (Å²) in [4.78, 5) is 0.329. The molecule has 5 heteroatoms. The van der Waals surface area contributed by atoms with E-state index in [4.69, 9.17) is 0 Å². The summed E-state index contributed by atoms with van der Waals surface area (Å²) in [5.41, 5.74) is 1.04. The smallest absolute Gasteiger partial charge is 0.243 e. The molecule has 0 amide bonds. The van der Waals surface area contributed by atoms with Crippen LogP contribution >= 0.6 is 0 Å². The van der Waals surface area contributed by atoms with E-state index in [9.17, 15) is 13.5 Å². The molecule has 0 saturated carbocycles. The Balaban J connectivity index is 2.31. The number of hydrogen-bond acceptors (Lipinski definition) is 3. The maximum atomic E-state index is 12.9. The molecule has 1 N–H and O–H groups in total. The van der Waals surface area contributed by atoms with Crippen molar-refractivity contribution in [1.82, 2.24) is 4.31 Å². The average Bonchev–Trinajstić information content (AvgIpc) is 2.89. The van der Waals surface area contributed by atoms with Gasteiger partial charge in [-0.1, -0.05) is 37.5 Å². The Labute approximate surface area is 127 Å². The van der Waals surface area contributed by atoms with Gasteiger partial charge in [0, 0.05) is 12.1 Å². The molecule has 0 spiro atoms. The monoisotopic (exact) mass is 311 g/mol. The van der Waals surface area contributed by atoms with Crippen molar-refractivity contribution in [3.8, 4) is 0 Å². The Morgan fingerprint density at radius 1 is 1.19 bits per heavy atom. The SMILES string of the molecule is CCCC[C@@H]1CC[C@H](CO)N1S(=O)(=O)c1ccc(C)cc1. The standard InChI is InChI=1S/C16H25NO3S/c1-3-4-5-14-8-9-15(12-18)17(14)21(19,20)16-10-6-13(2)7-11-16/h6-7,10-11,14-15,18H,3-5,8-9,12H2,1-2H3/t14-,15-/m1/s1. The molecule has 1 saturated heterocycles. The van der Waals surface area contributed by atoms with Crippen LogP contribution in [0.1, 0.15) is 44.6 Å². The van der Waals surface area contributed by atoms with Crippen molar-refractivity contribution in [1.29, 1.82) is 0 Å². The molecule has 1 aromatic rings. The summed E-state index contributed by atoms with van der Waals surface area (Å²) in [6.45, 7) is 3.94. The summed E-state index contributed by atoms with van der Waals surface area (Å²) < 4.78 is 27.4. The number of rotatable bonds is 6. The van der Waals surface area contributed by atoms with Crippen LogP contribution in [0.15, 0.2) is 29.2 Å². The van der Waals surface area contributed by atoms with Gasteiger partial charge in [0.2, 0.25) is 10.0 Å². The van der Waals surface area contributed by atoms with Gasteiger partial charge in [0.25, 0.3) is 0 Å². The summed E-state index contributed by atoms with van der Waals surface area (Å²) in [6.07, 6.45) is 4.53. The Morgan fingerprint density at radius 2 is 1.81 bits per heavy atom. The molecule has 1 aromatic carbocycles. The predicted molar refractivity (Wildman–Crippen MR) is 83.6 cm³/mol. The van der Waals surface area contributed by atoms with Gasteiger partial charge < -0.3 is 5.11 Å². The highest BCUT2D eigenvalue weighted by atomic mass is 32.2. The maximum absolute atomic E-state index is 12.9. The first-order valence-corrected chi connectivity index (χ1v) is 9.15. The number of hydrogen-bond donors (Lipinski definition) is 1. The van der Waals surface area contributed by atoms with Crippen molar-refractivity contribution in [2.45, 2.75) is 62.9 Å². The minimum atomic E-state index is -3.52. The van der Waals surface area contributed by atoms with Crippen LogP contribution in [0, 0.1) is 6.92 Å². The first-order chi connectivity index (χ1) is 10.0. The quantitative estimate of drug-likeness (QED) is 0.879. The highest BCUT2D eigenvalue weighted by Gasteiger charge is 2.41. The lowest BCUT2D eigenvalue weighted by atomic mass is 10.1. The molecule has 2 rings (SSSR count). The van der Waals surface area contributed by atoms with E-state index in [-0.39, 0.29) is 18.7 Å². The summed E-state index contributed by atoms with van der Waals surface area (Å²) in [7, 11) is -3.52. The summed E-state index contributed by atoms with van der Waals surface area (Å²) >= 11 is 0. The second-order valence-corrected chi connectivity index (χ2v) is 7.70. The molecular weight excluding hydrogens is 286 g/mol. The normalized spacial score (nSPS) is 23.6. The van der Waals surface area contributed by atoms with Crippen molar-refractivity contribution in [2.75, 3.05) is 6.61 Å². The van der Waals surface area contributed by atoms with Crippen molar-refractivity contribution < 1.29 is 13.5 Å². The molecule has 0 aromatic heterocycles. The third-order valence-electron chi connectivity index (χ3n) is 4.25. The number of unbranched alkanes of at least 4 members (excludes halogenated alkanes) is 1. The van der Waals surface area contributed by atoms with E-state index < -0.39 is 10.0 Å². The van der Waals surface area contributed by atoms with Gasteiger partial charge in [0.05, 0.1) is 11.5 Å². The lowest BCUT2D eigenvalue weighted by Gasteiger charge is -2.28. The summed E-state index contributed by atoms with van der Waals surface area (Å²) in [6, 6.07) is 6.70. The number of aliphatic hydroxyl groups is 1. The largest absolute Gasteiger partial charge is 0.395 e. The first kappa shape index (κ1) is 16.5. The molecule has 1 aliphatic heterocycles. The highest BCUT2D eigenvalue weighted by Crippen LogP contribution is 2.33. The first-order valence-electron chi connectivity index (χ1n) is 7.71. The van der Waals surface area contributed by atoms with Crippen LogP contribution in [0.4, 0.5) is 0 Å². The Morgan fingerprint density at radius 3 is 2.38 bits per heavy atom. The molecule has 0 unspecified atom stereocenters. The lowest BCUT2D eigenvalue weighted by molar-refractivity contribution is 0.194. The number of aryl methyl sites for hydroxylation is 1. The molecule has 0 aliphatic carbocycles. The summed E-state index contributed by atoms with van der Waals surface area (Å²) in [5.74, 6) is 0. The van der Waals surface area contributed by atoms with Crippen LogP contribution in [0.2, 0.25) is 0 Å². The second kappa shape index (κ2) is 6.90. The molecule has 118 valence electrons. The van der Waals surface area contributed by atoms with Crippen molar-refractivity contribution in [3.63, 3.8) is 0 Å². The minimum Gasteiger partial charge on any atom is -0.395 e. The number of nitrogens with zero attached hydrogens (tertiary/aromatic N) is 1. The third-order valence-corrected chi connectivity index (χ3v) is 6.27. The van der Waals surface area contributed by atoms with E-state index in [0.717, 1.165) is 37.7 Å². The van der Waals surface area contributed by atoms with Crippen LogP contribution in [0.25, 0.3) is 0 Å². The fourth-order valence-corrected chi connectivity index (χ4v) is 4.94. The van der Waals surface area contributed by atoms with Gasteiger partial charge in [0.1, 0.15) is 0 Å². The van der Waals surface area contributed by atoms with E-state index in [1.807, 2.05) is 19.1 Å². The lowest BCUT2D eigenvalue weighted by Crippen LogP contribution is -2.42. The van der Waals surface area contributed by atoms with E-state index in [0.29, 0.717) is 4.90 Å². The van der Waals surface area contributed by atoms with Gasteiger partial charge in [-0.3, -0.25) is 0 Å². The fraction of sp³-hybridized carbons (Fsp3) is 0.625. The van der Waals surface area contributed by atoms with E-state index in [1.165, 1.54) is 0 Å². The molecule has 1 fully saturated rings. The highest BCUT2D eigenvalue weighted by molar-refractivity contribution is 7.89. The Hall–Kier alpha value is -0.910. The Bertz CT molecular complexity index is 553. The fourth-order valence-electron chi connectivity index (χ4n) is 3.04. The van der Waals surface area contributed by atoms with Crippen molar-refractivity contribution in [3.05, 3.63) is 29.8 Å². The Kier molecular flexibility index (Phi) is 5.41. The molecule has 0 bridgehead atoms. The van der Waals surface area contributed by atoms with E-state index in [1.54, 1.807) is 16.4 Å². The van der Waals surface area contributed by atoms with Crippen molar-refractivity contribution in [2.24, 2.45) is 0 Å². The number of benzene rings is 1. The molecule has 21 heavy (non-hydrogen) atoms. The van der Waals surface area contributed by atoms with Gasteiger partial charge in [0.15, 0.2) is 0 Å². The minimum absolute atomic E-state index is 0.0217. The second-order valence-electron chi connectivity index (χ2n) is 5.86. The van der Waals surface area contributed by atoms with Crippen LogP contribution in [-0.2, 0) is 10.0 Å². The zero-order valence-corrected chi connectivity index (χ0v) is 13.6. The molecule has 4 nitrogen and oxygen atoms in total. The molecule has 1 heterocycles. The van der Waals surface area contributed by atoms with Crippen LogP contribution < -0.4 is 0 Å². The maximum Gasteiger partial charge on any atom is 0.243 e. The zero-order valence-electron chi connectivity index (χ0n) is 12.8. The number of aliphatic hydroxyl groups excluding tert-OH is 1. The van der Waals surface area contributed by atoms with Crippen LogP contribution in [0.3, 0.4) is 0 Å². The molecule has 2 atom stereocenters. The summed E-state index contributed by atoms with van der Waals surface area (Å²) in [5, 5.41) is 9.53. The predicted octanol–water partition coefficient (Wildman–Crippen LogP) is 2.70. The van der Waals surface area contributed by atoms with Gasteiger partial charge in [-0.2, -0.15) is 4.31 Å². The topological polar surface area (TPSA) is 57.6 Å². The number of sulfonamides is 1. The third kappa shape index (κ3) is 3.47. The molecule has 1 aliphatic rings. The van der Waals surface area contributed by atoms with E-state index in [2.05, 4.69) is 6.92 Å². The zero-order chi connectivity index (χ0) is 15.5. The average molecular weight is 311 g/mol. The molecule has 0 radical (unpaired) electrons. The van der Waals surface area contributed by atoms with Gasteiger partial charge in [-0.05, 0) is 38.3 Å². The van der Waals surface area contributed by atoms with Crippen LogP contribution in [0.5, 0.6) is 0 Å². The van der Waals surface area contributed by atoms with Crippen molar-refractivity contribution >= 4 is 10.0 Å². The molecular formula is C16H25NO3S. The van der Waals surface area contributed by atoms with Gasteiger partial charge >= 0.3 is 0 Å². The van der Waals surface area contributed by atoms with E-state index >= 15 is 0 Å².